The van der Waals surface area contributed by atoms with Crippen LogP contribution in [0.15, 0.2) is 0 Å². The fraction of sp³-hybridized carbons (Fsp3) is 0.867. The maximum atomic E-state index is 12.7. The number of carbonyl (C=O) groups excluding carboxylic acids is 1. The number of carbonyl (C=O) groups is 2. The van der Waals surface area contributed by atoms with Crippen LogP contribution in [0.5, 0.6) is 0 Å². The molecule has 122 valence electrons. The summed E-state index contributed by atoms with van der Waals surface area (Å²) in [6, 6.07) is -0.790. The molecule has 6 heteroatoms. The number of nitrogens with zero attached hydrogens (tertiary/aromatic N) is 2. The lowest BCUT2D eigenvalue weighted by Crippen LogP contribution is -2.59. The van der Waals surface area contributed by atoms with Crippen molar-refractivity contribution >= 4 is 23.8 Å². The number of amides is 2. The Kier molecular flexibility index (Phi) is 6.38. The van der Waals surface area contributed by atoms with Gasteiger partial charge < -0.3 is 14.9 Å². The van der Waals surface area contributed by atoms with Crippen molar-refractivity contribution in [2.24, 2.45) is 5.41 Å². The predicted octanol–water partition coefficient (Wildman–Crippen LogP) is 2.76. The number of hydrogen-bond acceptors (Lipinski definition) is 3. The molecule has 0 aromatic rings. The highest BCUT2D eigenvalue weighted by molar-refractivity contribution is 7.98. The third kappa shape index (κ3) is 4.28. The first kappa shape index (κ1) is 18.1. The smallest absolute Gasteiger partial charge is 0.327 e. The molecule has 0 saturated carbocycles. The van der Waals surface area contributed by atoms with Crippen LogP contribution in [-0.2, 0) is 4.79 Å². The van der Waals surface area contributed by atoms with Crippen LogP contribution in [0.1, 0.15) is 40.0 Å². The molecule has 5 nitrogen and oxygen atoms in total. The largest absolute Gasteiger partial charge is 0.480 e. The zero-order chi connectivity index (χ0) is 16.2. The van der Waals surface area contributed by atoms with Gasteiger partial charge in [0.2, 0.25) is 0 Å². The minimum atomic E-state index is -0.904. The van der Waals surface area contributed by atoms with Crippen molar-refractivity contribution in [3.05, 3.63) is 0 Å². The van der Waals surface area contributed by atoms with Crippen LogP contribution < -0.4 is 0 Å². The van der Waals surface area contributed by atoms with Crippen molar-refractivity contribution in [3.8, 4) is 0 Å². The van der Waals surface area contributed by atoms with Gasteiger partial charge in [0.15, 0.2) is 0 Å². The average molecular weight is 316 g/mol. The summed E-state index contributed by atoms with van der Waals surface area (Å²) in [7, 11) is 1.77. The maximum absolute atomic E-state index is 12.7. The van der Waals surface area contributed by atoms with Crippen LogP contribution in [0.4, 0.5) is 4.79 Å². The van der Waals surface area contributed by atoms with Gasteiger partial charge in [0.1, 0.15) is 6.04 Å². The molecule has 1 rings (SSSR count). The van der Waals surface area contributed by atoms with Crippen LogP contribution in [-0.4, -0.2) is 64.6 Å². The Morgan fingerprint density at radius 3 is 2.62 bits per heavy atom. The molecule has 2 atom stereocenters. The Morgan fingerprint density at radius 2 is 2.10 bits per heavy atom. The Morgan fingerprint density at radius 1 is 1.48 bits per heavy atom. The predicted molar refractivity (Wildman–Crippen MR) is 86.8 cm³/mol. The van der Waals surface area contributed by atoms with E-state index in [2.05, 4.69) is 0 Å². The second-order valence-electron chi connectivity index (χ2n) is 6.55. The van der Waals surface area contributed by atoms with Crippen molar-refractivity contribution in [1.29, 1.82) is 0 Å². The number of thioether (sulfide) groups is 1. The van der Waals surface area contributed by atoms with E-state index in [9.17, 15) is 14.7 Å². The second kappa shape index (κ2) is 7.38. The number of carboxylic acids is 1. The molecule has 0 bridgehead atoms. The van der Waals surface area contributed by atoms with Gasteiger partial charge in [0.25, 0.3) is 0 Å². The first-order valence-corrected chi connectivity index (χ1v) is 8.87. The van der Waals surface area contributed by atoms with Crippen LogP contribution in [0.3, 0.4) is 0 Å². The van der Waals surface area contributed by atoms with Gasteiger partial charge in [-0.1, -0.05) is 13.8 Å². The van der Waals surface area contributed by atoms with E-state index in [0.717, 1.165) is 25.0 Å². The summed E-state index contributed by atoms with van der Waals surface area (Å²) >= 11 is 1.75. The molecule has 1 aliphatic heterocycles. The molecule has 0 aromatic heterocycles. The van der Waals surface area contributed by atoms with E-state index in [1.165, 1.54) is 0 Å². The Labute approximate surface area is 132 Å². The lowest BCUT2D eigenvalue weighted by Gasteiger charge is -2.45. The molecule has 0 spiro atoms. The lowest BCUT2D eigenvalue weighted by molar-refractivity contribution is -0.148. The van der Waals surface area contributed by atoms with E-state index in [0.29, 0.717) is 6.54 Å². The average Bonchev–Trinajstić information content (AvgIpc) is 2.41. The minimum Gasteiger partial charge on any atom is -0.480 e. The van der Waals surface area contributed by atoms with Gasteiger partial charge >= 0.3 is 12.0 Å². The number of likely N-dealkylation sites (tertiary alicyclic amines) is 1. The van der Waals surface area contributed by atoms with Crippen LogP contribution in [0.25, 0.3) is 0 Å². The molecule has 0 radical (unpaired) electrons. The number of carboxylic acid groups (broad SMARTS) is 1. The number of hydrogen-bond donors (Lipinski definition) is 1. The molecule has 1 saturated heterocycles. The molecular weight excluding hydrogens is 288 g/mol. The zero-order valence-electron chi connectivity index (χ0n) is 13.8. The first-order chi connectivity index (χ1) is 9.72. The maximum Gasteiger partial charge on any atom is 0.327 e. The third-order valence-electron chi connectivity index (χ3n) is 4.45. The summed E-state index contributed by atoms with van der Waals surface area (Å²) < 4.78 is 0. The number of piperidine rings is 1. The molecule has 1 aliphatic rings. The zero-order valence-corrected chi connectivity index (χ0v) is 14.6. The van der Waals surface area contributed by atoms with E-state index in [4.69, 9.17) is 0 Å². The first-order valence-electron chi connectivity index (χ1n) is 7.47. The number of urea groups is 1. The topological polar surface area (TPSA) is 60.9 Å². The van der Waals surface area contributed by atoms with Gasteiger partial charge in [-0.25, -0.2) is 9.59 Å². The SMILES string of the molecule is CSCCC(C)N(C)C(=O)N1CCCC(C)(C)C1C(=O)O. The standard InChI is InChI=1S/C15H28N2O3S/c1-11(7-10-21-5)16(4)14(20)17-9-6-8-15(2,3)12(17)13(18)19/h11-12H,6-10H2,1-5H3,(H,18,19). The fourth-order valence-corrected chi connectivity index (χ4v) is 3.52. The summed E-state index contributed by atoms with van der Waals surface area (Å²) in [6.07, 6.45) is 4.65. The van der Waals surface area contributed by atoms with Crippen LogP contribution in [0, 0.1) is 5.41 Å². The third-order valence-corrected chi connectivity index (χ3v) is 5.10. The van der Waals surface area contributed by atoms with E-state index in [-0.39, 0.29) is 17.5 Å². The normalized spacial score (nSPS) is 22.7. The molecule has 1 fully saturated rings. The monoisotopic (exact) mass is 316 g/mol. The van der Waals surface area contributed by atoms with Crippen molar-refractivity contribution in [3.63, 3.8) is 0 Å². The summed E-state index contributed by atoms with van der Waals surface area (Å²) in [5, 5.41) is 9.54. The Hall–Kier alpha value is -0.910. The van der Waals surface area contributed by atoms with Crippen molar-refractivity contribution < 1.29 is 14.7 Å². The van der Waals surface area contributed by atoms with Gasteiger partial charge in [0, 0.05) is 19.6 Å². The number of rotatable bonds is 5. The van der Waals surface area contributed by atoms with Crippen molar-refractivity contribution in [2.45, 2.75) is 52.1 Å². The van der Waals surface area contributed by atoms with Gasteiger partial charge in [-0.05, 0) is 43.6 Å². The second-order valence-corrected chi connectivity index (χ2v) is 7.54. The summed E-state index contributed by atoms with van der Waals surface area (Å²) in [5.74, 6) is 0.0883. The fourth-order valence-electron chi connectivity index (χ4n) is 2.94. The van der Waals surface area contributed by atoms with E-state index >= 15 is 0 Å². The number of aliphatic carboxylic acids is 1. The van der Waals surface area contributed by atoms with Crippen LogP contribution in [0.2, 0.25) is 0 Å². The molecule has 0 aliphatic carbocycles. The Bertz CT molecular complexity index is 387. The van der Waals surface area contributed by atoms with E-state index < -0.39 is 12.0 Å². The summed E-state index contributed by atoms with van der Waals surface area (Å²) in [4.78, 5) is 27.6. The minimum absolute atomic E-state index is 0.115. The molecule has 0 aromatic carbocycles. The Balaban J connectivity index is 2.85. The van der Waals surface area contributed by atoms with Crippen molar-refractivity contribution in [2.75, 3.05) is 25.6 Å². The quantitative estimate of drug-likeness (QED) is 0.847. The highest BCUT2D eigenvalue weighted by atomic mass is 32.2. The molecule has 2 unspecified atom stereocenters. The van der Waals surface area contributed by atoms with Gasteiger partial charge in [-0.2, -0.15) is 11.8 Å². The molecule has 1 N–H and O–H groups in total. The van der Waals surface area contributed by atoms with Gasteiger partial charge in [0.05, 0.1) is 0 Å². The molecule has 2 amide bonds. The highest BCUT2D eigenvalue weighted by Gasteiger charge is 2.45. The van der Waals surface area contributed by atoms with E-state index in [1.807, 2.05) is 27.0 Å². The van der Waals surface area contributed by atoms with Crippen LogP contribution >= 0.6 is 11.8 Å². The van der Waals surface area contributed by atoms with Gasteiger partial charge in [-0.3, -0.25) is 0 Å². The summed E-state index contributed by atoms with van der Waals surface area (Å²) in [6.45, 7) is 6.41. The van der Waals surface area contributed by atoms with E-state index in [1.54, 1.807) is 28.6 Å². The summed E-state index contributed by atoms with van der Waals surface area (Å²) in [5.41, 5.74) is -0.386. The lowest BCUT2D eigenvalue weighted by atomic mass is 9.76. The highest BCUT2D eigenvalue weighted by Crippen LogP contribution is 2.35. The van der Waals surface area contributed by atoms with Gasteiger partial charge in [-0.15, -0.1) is 0 Å². The molecular formula is C15H28N2O3S. The van der Waals surface area contributed by atoms with Crippen molar-refractivity contribution in [1.82, 2.24) is 9.80 Å². The molecule has 1 heterocycles. The molecule has 21 heavy (non-hydrogen) atoms.